The van der Waals surface area contributed by atoms with Crippen LogP contribution in [0.1, 0.15) is 10.5 Å². The van der Waals surface area contributed by atoms with Gasteiger partial charge in [0.05, 0.1) is 5.69 Å². The molecule has 1 heterocycles. The Balaban J connectivity index is 1.75. The molecule has 5 nitrogen and oxygen atoms in total. The van der Waals surface area contributed by atoms with Crippen LogP contribution < -0.4 is 10.6 Å². The van der Waals surface area contributed by atoms with E-state index in [1.165, 1.54) is 6.07 Å². The minimum Gasteiger partial charge on any atom is -0.336 e. The predicted molar refractivity (Wildman–Crippen MR) is 85.9 cm³/mol. The number of carbonyl (C=O) groups excluding carboxylic acids is 1. The third-order valence-electron chi connectivity index (χ3n) is 3.40. The van der Waals surface area contributed by atoms with Crippen molar-refractivity contribution in [3.8, 4) is 0 Å². The molecule has 2 N–H and O–H groups in total. The zero-order chi connectivity index (χ0) is 19.6. The van der Waals surface area contributed by atoms with Crippen LogP contribution in [0.25, 0.3) is 0 Å². The SMILES string of the molecule is O=C(Nc1c(F)cccc1F)c1ccc(Nc2ccc(F)c(F)c2F)nn1. The second kappa shape index (κ2) is 7.36. The number of hydrogen-bond acceptors (Lipinski definition) is 4. The number of carbonyl (C=O) groups is 1. The molecule has 0 saturated carbocycles. The molecule has 0 fully saturated rings. The fourth-order valence-electron chi connectivity index (χ4n) is 2.08. The molecule has 0 atom stereocenters. The maximum atomic E-state index is 13.6. The summed E-state index contributed by atoms with van der Waals surface area (Å²) in [6, 6.07) is 7.08. The van der Waals surface area contributed by atoms with E-state index in [9.17, 15) is 26.7 Å². The molecule has 0 unspecified atom stereocenters. The Morgan fingerprint density at radius 3 is 2.11 bits per heavy atom. The Kier molecular flexibility index (Phi) is 4.97. The summed E-state index contributed by atoms with van der Waals surface area (Å²) in [6.45, 7) is 0. The quantitative estimate of drug-likeness (QED) is 0.527. The Morgan fingerprint density at radius 1 is 0.778 bits per heavy atom. The summed E-state index contributed by atoms with van der Waals surface area (Å²) in [4.78, 5) is 12.0. The van der Waals surface area contributed by atoms with E-state index in [-0.39, 0.29) is 11.5 Å². The van der Waals surface area contributed by atoms with Crippen molar-refractivity contribution in [1.82, 2.24) is 10.2 Å². The predicted octanol–water partition coefficient (Wildman–Crippen LogP) is 4.17. The highest BCUT2D eigenvalue weighted by Gasteiger charge is 2.16. The third kappa shape index (κ3) is 3.84. The minimum atomic E-state index is -1.66. The van der Waals surface area contributed by atoms with Crippen molar-refractivity contribution in [2.75, 3.05) is 10.6 Å². The van der Waals surface area contributed by atoms with Gasteiger partial charge in [0.25, 0.3) is 5.91 Å². The Bertz CT molecular complexity index is 991. The molecule has 1 amide bonds. The molecular formula is C17H9F5N4O. The molecule has 2 aromatic carbocycles. The summed E-state index contributed by atoms with van der Waals surface area (Å²) in [5.41, 5.74) is -1.32. The van der Waals surface area contributed by atoms with E-state index in [4.69, 9.17) is 0 Å². The van der Waals surface area contributed by atoms with Gasteiger partial charge in [-0.1, -0.05) is 6.07 Å². The Morgan fingerprint density at radius 2 is 1.48 bits per heavy atom. The lowest BCUT2D eigenvalue weighted by molar-refractivity contribution is 0.102. The fourth-order valence-corrected chi connectivity index (χ4v) is 2.08. The molecule has 3 rings (SSSR count). The van der Waals surface area contributed by atoms with Gasteiger partial charge in [0.15, 0.2) is 29.0 Å². The van der Waals surface area contributed by atoms with Crippen LogP contribution in [0.3, 0.4) is 0 Å². The van der Waals surface area contributed by atoms with E-state index in [0.717, 1.165) is 36.4 Å². The van der Waals surface area contributed by atoms with Crippen LogP contribution in [-0.2, 0) is 0 Å². The summed E-state index contributed by atoms with van der Waals surface area (Å²) >= 11 is 0. The van der Waals surface area contributed by atoms with Gasteiger partial charge in [0, 0.05) is 0 Å². The zero-order valence-corrected chi connectivity index (χ0v) is 13.2. The molecule has 0 saturated heterocycles. The highest BCUT2D eigenvalue weighted by atomic mass is 19.2. The number of nitrogens with zero attached hydrogens (tertiary/aromatic N) is 2. The van der Waals surface area contributed by atoms with Crippen LogP contribution in [0.15, 0.2) is 42.5 Å². The first-order valence-corrected chi connectivity index (χ1v) is 7.36. The fraction of sp³-hybridized carbons (Fsp3) is 0. The van der Waals surface area contributed by atoms with Crippen molar-refractivity contribution in [2.45, 2.75) is 0 Å². The standard InChI is InChI=1S/C17H9F5N4O/c18-8-4-5-11(15(22)14(8)21)23-13-7-6-12(25-26-13)17(27)24-16-9(19)2-1-3-10(16)20/h1-7H,(H,23,26)(H,24,27). The molecule has 0 radical (unpaired) electrons. The lowest BCUT2D eigenvalue weighted by Crippen LogP contribution is -2.16. The smallest absolute Gasteiger partial charge is 0.276 e. The van der Waals surface area contributed by atoms with Crippen LogP contribution in [0.2, 0.25) is 0 Å². The molecule has 0 aliphatic heterocycles. The van der Waals surface area contributed by atoms with Crippen molar-refractivity contribution < 1.29 is 26.7 Å². The molecule has 138 valence electrons. The molecule has 0 aliphatic carbocycles. The van der Waals surface area contributed by atoms with Gasteiger partial charge in [-0.15, -0.1) is 10.2 Å². The summed E-state index contributed by atoms with van der Waals surface area (Å²) in [6.07, 6.45) is 0. The number of para-hydroxylation sites is 1. The second-order valence-electron chi connectivity index (χ2n) is 5.20. The van der Waals surface area contributed by atoms with Crippen LogP contribution >= 0.6 is 0 Å². The van der Waals surface area contributed by atoms with Gasteiger partial charge >= 0.3 is 0 Å². The van der Waals surface area contributed by atoms with Crippen molar-refractivity contribution in [3.63, 3.8) is 0 Å². The first-order valence-electron chi connectivity index (χ1n) is 7.36. The van der Waals surface area contributed by atoms with E-state index >= 15 is 0 Å². The van der Waals surface area contributed by atoms with Crippen LogP contribution in [0.5, 0.6) is 0 Å². The number of benzene rings is 2. The molecule has 10 heteroatoms. The Labute approximate surface area is 148 Å². The van der Waals surface area contributed by atoms with Gasteiger partial charge in [-0.3, -0.25) is 4.79 Å². The van der Waals surface area contributed by atoms with Gasteiger partial charge in [-0.05, 0) is 36.4 Å². The van der Waals surface area contributed by atoms with Gasteiger partial charge in [-0.2, -0.15) is 0 Å². The largest absolute Gasteiger partial charge is 0.336 e. The summed E-state index contributed by atoms with van der Waals surface area (Å²) in [7, 11) is 0. The highest BCUT2D eigenvalue weighted by molar-refractivity contribution is 6.02. The van der Waals surface area contributed by atoms with E-state index in [1.54, 1.807) is 0 Å². The molecule has 3 aromatic rings. The molecule has 0 aliphatic rings. The summed E-state index contributed by atoms with van der Waals surface area (Å²) < 4.78 is 66.8. The second-order valence-corrected chi connectivity index (χ2v) is 5.20. The average Bonchev–Trinajstić information content (AvgIpc) is 2.66. The molecule has 0 spiro atoms. The topological polar surface area (TPSA) is 66.9 Å². The number of amides is 1. The van der Waals surface area contributed by atoms with Crippen molar-refractivity contribution in [2.24, 2.45) is 0 Å². The number of hydrogen-bond donors (Lipinski definition) is 2. The molecular weight excluding hydrogens is 371 g/mol. The van der Waals surface area contributed by atoms with Gasteiger partial charge in [0.2, 0.25) is 0 Å². The van der Waals surface area contributed by atoms with Gasteiger partial charge in [-0.25, -0.2) is 22.0 Å². The summed E-state index contributed by atoms with van der Waals surface area (Å²) in [5.74, 6) is -7.40. The number of nitrogens with one attached hydrogen (secondary N) is 2. The van der Waals surface area contributed by atoms with Gasteiger partial charge < -0.3 is 10.6 Å². The normalized spacial score (nSPS) is 10.6. The number of aromatic nitrogens is 2. The molecule has 1 aromatic heterocycles. The molecule has 0 bridgehead atoms. The maximum absolute atomic E-state index is 13.6. The van der Waals surface area contributed by atoms with Crippen molar-refractivity contribution in [1.29, 1.82) is 0 Å². The van der Waals surface area contributed by atoms with Crippen LogP contribution in [0, 0.1) is 29.1 Å². The lowest BCUT2D eigenvalue weighted by Gasteiger charge is -2.09. The number of anilines is 3. The van der Waals surface area contributed by atoms with Crippen molar-refractivity contribution >= 4 is 23.1 Å². The average molecular weight is 380 g/mol. The monoisotopic (exact) mass is 380 g/mol. The van der Waals surface area contributed by atoms with E-state index < -0.39 is 46.4 Å². The number of rotatable bonds is 4. The molecule has 27 heavy (non-hydrogen) atoms. The van der Waals surface area contributed by atoms with Crippen LogP contribution in [-0.4, -0.2) is 16.1 Å². The summed E-state index contributed by atoms with van der Waals surface area (Å²) in [5, 5.41) is 11.5. The third-order valence-corrected chi connectivity index (χ3v) is 3.40. The van der Waals surface area contributed by atoms with Crippen molar-refractivity contribution in [3.05, 3.63) is 77.2 Å². The zero-order valence-electron chi connectivity index (χ0n) is 13.2. The van der Waals surface area contributed by atoms with Crippen LogP contribution in [0.4, 0.5) is 39.1 Å². The van der Waals surface area contributed by atoms with E-state index in [0.29, 0.717) is 0 Å². The number of halogens is 5. The first-order chi connectivity index (χ1) is 12.9. The van der Waals surface area contributed by atoms with Gasteiger partial charge in [0.1, 0.15) is 17.3 Å². The first kappa shape index (κ1) is 18.2. The Hall–Kier alpha value is -3.56. The highest BCUT2D eigenvalue weighted by Crippen LogP contribution is 2.23. The lowest BCUT2D eigenvalue weighted by atomic mass is 10.2. The minimum absolute atomic E-state index is 0.0754. The van der Waals surface area contributed by atoms with E-state index in [1.807, 2.05) is 5.32 Å². The van der Waals surface area contributed by atoms with E-state index in [2.05, 4.69) is 15.5 Å². The maximum Gasteiger partial charge on any atom is 0.276 e.